The molecule has 4 rings (SSSR count). The molecule has 0 aliphatic carbocycles. The lowest BCUT2D eigenvalue weighted by Gasteiger charge is -2.15. The van der Waals surface area contributed by atoms with E-state index in [-0.39, 0.29) is 11.9 Å². The first-order valence-corrected chi connectivity index (χ1v) is 9.75. The first-order chi connectivity index (χ1) is 15.0. The fourth-order valence-electron chi connectivity index (χ4n) is 3.34. The fourth-order valence-corrected chi connectivity index (χ4v) is 3.34. The van der Waals surface area contributed by atoms with Crippen molar-refractivity contribution >= 4 is 5.95 Å². The first-order valence-electron chi connectivity index (χ1n) is 9.75. The van der Waals surface area contributed by atoms with E-state index >= 15 is 0 Å². The van der Waals surface area contributed by atoms with E-state index in [2.05, 4.69) is 20.3 Å². The number of halogens is 3. The van der Waals surface area contributed by atoms with E-state index in [1.54, 1.807) is 24.4 Å². The van der Waals surface area contributed by atoms with Gasteiger partial charge in [0.2, 0.25) is 5.95 Å². The van der Waals surface area contributed by atoms with Crippen molar-refractivity contribution in [2.45, 2.75) is 25.9 Å². The van der Waals surface area contributed by atoms with E-state index < -0.39 is 13.0 Å². The summed E-state index contributed by atoms with van der Waals surface area (Å²) >= 11 is 0. The molecule has 4 aromatic rings. The van der Waals surface area contributed by atoms with Gasteiger partial charge >= 0.3 is 0 Å². The summed E-state index contributed by atoms with van der Waals surface area (Å²) in [4.78, 5) is 13.1. The largest absolute Gasteiger partial charge is 0.348 e. The quantitative estimate of drug-likeness (QED) is 0.421. The van der Waals surface area contributed by atoms with Crippen LogP contribution in [0, 0.1) is 5.82 Å². The molecule has 0 aliphatic heterocycles. The van der Waals surface area contributed by atoms with Gasteiger partial charge in [-0.2, -0.15) is 0 Å². The number of hydrogen-bond acceptors (Lipinski definition) is 4. The lowest BCUT2D eigenvalue weighted by Crippen LogP contribution is -2.11. The van der Waals surface area contributed by atoms with Crippen molar-refractivity contribution in [1.29, 1.82) is 0 Å². The lowest BCUT2D eigenvalue weighted by molar-refractivity contribution is 0.127. The summed E-state index contributed by atoms with van der Waals surface area (Å²) in [6.07, 6.45) is 0.352. The molecule has 1 atom stereocenters. The Morgan fingerprint density at radius 3 is 2.42 bits per heavy atom. The van der Waals surface area contributed by atoms with Gasteiger partial charge in [0, 0.05) is 11.8 Å². The van der Waals surface area contributed by atoms with Crippen molar-refractivity contribution in [2.24, 2.45) is 0 Å². The van der Waals surface area contributed by atoms with Crippen molar-refractivity contribution in [3.63, 3.8) is 0 Å². The fraction of sp³-hybridized carbons (Fsp3) is 0.174. The van der Waals surface area contributed by atoms with E-state index in [0.717, 1.165) is 5.56 Å². The highest BCUT2D eigenvalue weighted by molar-refractivity contribution is 5.77. The molecular weight excluding hydrogens is 403 g/mol. The summed E-state index contributed by atoms with van der Waals surface area (Å²) < 4.78 is 41.1. The minimum atomic E-state index is -2.56. The van der Waals surface area contributed by atoms with Crippen LogP contribution < -0.4 is 5.32 Å². The molecule has 158 valence electrons. The van der Waals surface area contributed by atoms with Crippen LogP contribution in [0.3, 0.4) is 0 Å². The van der Waals surface area contributed by atoms with Crippen LogP contribution >= 0.6 is 0 Å². The third-order valence-corrected chi connectivity index (χ3v) is 4.83. The Hall–Kier alpha value is -3.68. The highest BCUT2D eigenvalue weighted by Gasteiger charge is 2.19. The van der Waals surface area contributed by atoms with Gasteiger partial charge in [-0.1, -0.05) is 30.3 Å². The Labute approximate surface area is 177 Å². The van der Waals surface area contributed by atoms with E-state index in [1.165, 1.54) is 23.0 Å². The summed E-state index contributed by atoms with van der Waals surface area (Å²) in [5.74, 6) is -0.0237. The van der Waals surface area contributed by atoms with Gasteiger partial charge in [0.15, 0.2) is 0 Å². The summed E-state index contributed by atoms with van der Waals surface area (Å²) in [6.45, 7) is 1.45. The molecule has 2 aromatic heterocycles. The second-order valence-corrected chi connectivity index (χ2v) is 7.03. The van der Waals surface area contributed by atoms with Crippen LogP contribution in [0.15, 0.2) is 73.2 Å². The molecule has 1 N–H and O–H groups in total. The number of imidazole rings is 1. The smallest absolute Gasteiger partial charge is 0.256 e. The van der Waals surface area contributed by atoms with Crippen molar-refractivity contribution in [1.82, 2.24) is 19.5 Å². The average molecular weight is 423 g/mol. The van der Waals surface area contributed by atoms with Gasteiger partial charge in [0.05, 0.1) is 36.0 Å². The van der Waals surface area contributed by atoms with Crippen LogP contribution in [0.25, 0.3) is 22.6 Å². The van der Waals surface area contributed by atoms with Crippen LogP contribution in [0.1, 0.15) is 18.5 Å². The molecular formula is C23H20F3N5. The minimum absolute atomic E-state index is 0.0565. The Kier molecular flexibility index (Phi) is 5.97. The number of hydrogen-bond donors (Lipinski definition) is 1. The van der Waals surface area contributed by atoms with Crippen LogP contribution in [-0.4, -0.2) is 25.9 Å². The highest BCUT2D eigenvalue weighted by atomic mass is 19.3. The number of nitrogens with zero attached hydrogens (tertiary/aromatic N) is 4. The Morgan fingerprint density at radius 2 is 1.71 bits per heavy atom. The van der Waals surface area contributed by atoms with Gasteiger partial charge in [-0.3, -0.25) is 0 Å². The Morgan fingerprint density at radius 1 is 0.968 bits per heavy atom. The van der Waals surface area contributed by atoms with E-state index in [4.69, 9.17) is 0 Å². The van der Waals surface area contributed by atoms with Gasteiger partial charge in [-0.15, -0.1) is 0 Å². The predicted molar refractivity (Wildman–Crippen MR) is 113 cm³/mol. The monoisotopic (exact) mass is 423 g/mol. The van der Waals surface area contributed by atoms with Crippen molar-refractivity contribution < 1.29 is 13.2 Å². The lowest BCUT2D eigenvalue weighted by atomic mass is 10.1. The van der Waals surface area contributed by atoms with Gasteiger partial charge in [0.1, 0.15) is 5.82 Å². The van der Waals surface area contributed by atoms with Gasteiger partial charge in [-0.05, 0) is 42.8 Å². The zero-order valence-corrected chi connectivity index (χ0v) is 16.7. The summed E-state index contributed by atoms with van der Waals surface area (Å²) in [7, 11) is 0. The molecule has 0 spiro atoms. The zero-order chi connectivity index (χ0) is 21.8. The van der Waals surface area contributed by atoms with Gasteiger partial charge in [0.25, 0.3) is 6.43 Å². The second kappa shape index (κ2) is 8.99. The molecule has 2 heterocycles. The maximum absolute atomic E-state index is 13.4. The molecule has 8 heteroatoms. The number of nitrogens with one attached hydrogen (secondary N) is 1. The maximum atomic E-state index is 13.4. The molecule has 0 radical (unpaired) electrons. The van der Waals surface area contributed by atoms with E-state index in [0.29, 0.717) is 28.6 Å². The van der Waals surface area contributed by atoms with Gasteiger partial charge in [-0.25, -0.2) is 28.1 Å². The maximum Gasteiger partial charge on any atom is 0.256 e. The molecule has 2 aromatic carbocycles. The molecule has 0 fully saturated rings. The molecule has 0 bridgehead atoms. The first kappa shape index (κ1) is 20.6. The van der Waals surface area contributed by atoms with Crippen LogP contribution in [0.2, 0.25) is 0 Å². The molecule has 0 amide bonds. The van der Waals surface area contributed by atoms with E-state index in [1.807, 2.05) is 37.3 Å². The van der Waals surface area contributed by atoms with Gasteiger partial charge < -0.3 is 9.88 Å². The SMILES string of the molecule is C[C@H](Nc1nccc(-c2c(-c3ccc(F)cc3)ncn2CC(F)F)n1)c1ccccc1. The normalized spacial score (nSPS) is 12.2. The topological polar surface area (TPSA) is 55.6 Å². The number of aromatic nitrogens is 4. The molecule has 5 nitrogen and oxygen atoms in total. The molecule has 0 unspecified atom stereocenters. The van der Waals surface area contributed by atoms with Crippen molar-refractivity contribution in [2.75, 3.05) is 5.32 Å². The molecule has 0 saturated heterocycles. The number of anilines is 1. The minimum Gasteiger partial charge on any atom is -0.348 e. The predicted octanol–water partition coefficient (Wildman–Crippen LogP) is 5.58. The summed E-state index contributed by atoms with van der Waals surface area (Å²) in [5, 5.41) is 3.24. The van der Waals surface area contributed by atoms with Crippen LogP contribution in [-0.2, 0) is 6.54 Å². The third kappa shape index (κ3) is 4.74. The van der Waals surface area contributed by atoms with Crippen molar-refractivity contribution in [3.8, 4) is 22.6 Å². The van der Waals surface area contributed by atoms with Crippen LogP contribution in [0.4, 0.5) is 19.1 Å². The third-order valence-electron chi connectivity index (χ3n) is 4.83. The Balaban J connectivity index is 1.72. The number of benzene rings is 2. The van der Waals surface area contributed by atoms with Crippen molar-refractivity contribution in [3.05, 3.63) is 84.6 Å². The molecule has 0 aliphatic rings. The molecule has 0 saturated carbocycles. The zero-order valence-electron chi connectivity index (χ0n) is 16.7. The number of alkyl halides is 2. The highest BCUT2D eigenvalue weighted by Crippen LogP contribution is 2.31. The summed E-state index contributed by atoms with van der Waals surface area (Å²) in [5.41, 5.74) is 2.97. The second-order valence-electron chi connectivity index (χ2n) is 7.03. The van der Waals surface area contributed by atoms with E-state index in [9.17, 15) is 13.2 Å². The number of rotatable bonds is 7. The Bertz CT molecular complexity index is 1140. The standard InChI is InChI=1S/C23H20F3N5/c1-15(16-5-3-2-4-6-16)29-23-27-12-11-19(30-23)22-21(17-7-9-18(24)10-8-17)28-14-31(22)13-20(25)26/h2-12,14-15,20H,13H2,1H3,(H,27,29,30)/t15-/m0/s1. The molecule has 31 heavy (non-hydrogen) atoms. The summed E-state index contributed by atoms with van der Waals surface area (Å²) in [6, 6.07) is 17.1. The van der Waals surface area contributed by atoms with Crippen LogP contribution in [0.5, 0.6) is 0 Å². The average Bonchev–Trinajstić information content (AvgIpc) is 3.18.